The molecule has 0 saturated heterocycles. The Hall–Kier alpha value is -2.28. The Kier molecular flexibility index (Phi) is 3.07. The predicted molar refractivity (Wildman–Crippen MR) is 57.8 cm³/mol. The third kappa shape index (κ3) is 2.21. The molecule has 0 amide bonds. The lowest BCUT2D eigenvalue weighted by molar-refractivity contribution is -0.402. The van der Waals surface area contributed by atoms with Gasteiger partial charge in [0, 0.05) is 0 Å². The van der Waals surface area contributed by atoms with Crippen LogP contribution in [0.1, 0.15) is 17.4 Å². The van der Waals surface area contributed by atoms with Gasteiger partial charge in [0.05, 0.1) is 12.1 Å². The highest BCUT2D eigenvalue weighted by atomic mass is 19.2. The summed E-state index contributed by atoms with van der Waals surface area (Å²) < 4.78 is 30.7. The van der Waals surface area contributed by atoms with Crippen LogP contribution in [0.15, 0.2) is 34.7 Å². The Morgan fingerprint density at radius 1 is 1.22 bits per heavy atom. The standard InChI is InChI=1S/C11H8F2N2O3/c12-7-2-1-6(5-8(7)13)11(14)9-3-4-10(18-9)15(16)17/h1-5,11H,14H2. The second-order valence-corrected chi connectivity index (χ2v) is 3.58. The van der Waals surface area contributed by atoms with Gasteiger partial charge < -0.3 is 10.2 Å². The van der Waals surface area contributed by atoms with Crippen molar-refractivity contribution < 1.29 is 18.1 Å². The van der Waals surface area contributed by atoms with Crippen molar-refractivity contribution in [1.82, 2.24) is 0 Å². The van der Waals surface area contributed by atoms with Crippen LogP contribution in [-0.2, 0) is 0 Å². The number of rotatable bonds is 3. The number of halogens is 2. The topological polar surface area (TPSA) is 82.3 Å². The molecule has 1 aromatic carbocycles. The Bertz CT molecular complexity index is 598. The third-order valence-electron chi connectivity index (χ3n) is 2.40. The average molecular weight is 254 g/mol. The quantitative estimate of drug-likeness (QED) is 0.673. The van der Waals surface area contributed by atoms with Crippen LogP contribution in [0.2, 0.25) is 0 Å². The molecule has 0 fully saturated rings. The van der Waals surface area contributed by atoms with E-state index in [0.717, 1.165) is 18.2 Å². The molecule has 1 aromatic heterocycles. The second kappa shape index (κ2) is 4.53. The van der Waals surface area contributed by atoms with Gasteiger partial charge in [-0.25, -0.2) is 8.78 Å². The zero-order valence-corrected chi connectivity index (χ0v) is 8.97. The Morgan fingerprint density at radius 2 is 1.94 bits per heavy atom. The van der Waals surface area contributed by atoms with E-state index in [4.69, 9.17) is 10.2 Å². The van der Waals surface area contributed by atoms with Gasteiger partial charge in [0.15, 0.2) is 11.6 Å². The molecule has 94 valence electrons. The molecular formula is C11H8F2N2O3. The summed E-state index contributed by atoms with van der Waals surface area (Å²) in [5.74, 6) is -2.38. The van der Waals surface area contributed by atoms with Crippen LogP contribution in [-0.4, -0.2) is 4.92 Å². The monoisotopic (exact) mass is 254 g/mol. The summed E-state index contributed by atoms with van der Waals surface area (Å²) in [7, 11) is 0. The molecule has 1 atom stereocenters. The third-order valence-corrected chi connectivity index (χ3v) is 2.40. The van der Waals surface area contributed by atoms with Gasteiger partial charge in [-0.1, -0.05) is 6.07 Å². The van der Waals surface area contributed by atoms with E-state index in [1.807, 2.05) is 0 Å². The lowest BCUT2D eigenvalue weighted by Crippen LogP contribution is -2.11. The molecule has 2 aromatic rings. The fraction of sp³-hybridized carbons (Fsp3) is 0.0909. The van der Waals surface area contributed by atoms with E-state index < -0.39 is 28.5 Å². The number of nitrogens with zero attached hydrogens (tertiary/aromatic N) is 1. The van der Waals surface area contributed by atoms with Crippen LogP contribution < -0.4 is 5.73 Å². The summed E-state index contributed by atoms with van der Waals surface area (Å²) in [6.07, 6.45) is 0. The number of nitro groups is 1. The molecule has 7 heteroatoms. The molecular weight excluding hydrogens is 246 g/mol. The fourth-order valence-electron chi connectivity index (χ4n) is 1.48. The minimum atomic E-state index is -1.04. The summed E-state index contributed by atoms with van der Waals surface area (Å²) in [6.45, 7) is 0. The molecule has 0 saturated carbocycles. The number of hydrogen-bond donors (Lipinski definition) is 1. The van der Waals surface area contributed by atoms with E-state index in [0.29, 0.717) is 0 Å². The van der Waals surface area contributed by atoms with Crippen molar-refractivity contribution in [2.75, 3.05) is 0 Å². The van der Waals surface area contributed by atoms with Crippen molar-refractivity contribution >= 4 is 5.88 Å². The maximum atomic E-state index is 13.0. The van der Waals surface area contributed by atoms with Crippen molar-refractivity contribution in [2.24, 2.45) is 5.73 Å². The molecule has 2 N–H and O–H groups in total. The first-order chi connectivity index (χ1) is 8.49. The van der Waals surface area contributed by atoms with Crippen LogP contribution in [0.25, 0.3) is 0 Å². The molecule has 2 rings (SSSR count). The van der Waals surface area contributed by atoms with Gasteiger partial charge in [-0.3, -0.25) is 10.1 Å². The molecule has 0 spiro atoms. The van der Waals surface area contributed by atoms with E-state index in [9.17, 15) is 18.9 Å². The van der Waals surface area contributed by atoms with E-state index in [-0.39, 0.29) is 11.3 Å². The fourth-order valence-corrected chi connectivity index (χ4v) is 1.48. The van der Waals surface area contributed by atoms with Crippen molar-refractivity contribution in [2.45, 2.75) is 6.04 Å². The second-order valence-electron chi connectivity index (χ2n) is 3.58. The van der Waals surface area contributed by atoms with Crippen LogP contribution >= 0.6 is 0 Å². The minimum Gasteiger partial charge on any atom is -0.404 e. The van der Waals surface area contributed by atoms with Gasteiger partial charge in [-0.15, -0.1) is 0 Å². The molecule has 0 aliphatic rings. The maximum absolute atomic E-state index is 13.0. The van der Waals surface area contributed by atoms with Crippen LogP contribution in [0, 0.1) is 21.7 Å². The SMILES string of the molecule is NC(c1ccc(F)c(F)c1)c1ccc([N+](=O)[O-])o1. The highest BCUT2D eigenvalue weighted by Crippen LogP contribution is 2.25. The van der Waals surface area contributed by atoms with E-state index in [1.165, 1.54) is 12.1 Å². The number of nitrogens with two attached hydrogens (primary N) is 1. The average Bonchev–Trinajstić information content (AvgIpc) is 2.81. The maximum Gasteiger partial charge on any atom is 0.433 e. The number of benzene rings is 1. The number of hydrogen-bond acceptors (Lipinski definition) is 4. The summed E-state index contributed by atoms with van der Waals surface area (Å²) in [5.41, 5.74) is 6.01. The smallest absolute Gasteiger partial charge is 0.404 e. The zero-order valence-electron chi connectivity index (χ0n) is 8.97. The molecule has 0 radical (unpaired) electrons. The Labute approximate surface area is 100.0 Å². The van der Waals surface area contributed by atoms with E-state index in [1.54, 1.807) is 0 Å². The molecule has 0 aliphatic heterocycles. The van der Waals surface area contributed by atoms with Crippen LogP contribution in [0.3, 0.4) is 0 Å². The molecule has 1 heterocycles. The molecule has 0 aliphatic carbocycles. The molecule has 1 unspecified atom stereocenters. The van der Waals surface area contributed by atoms with Gasteiger partial charge >= 0.3 is 5.88 Å². The highest BCUT2D eigenvalue weighted by Gasteiger charge is 2.19. The van der Waals surface area contributed by atoms with Crippen molar-refractivity contribution in [1.29, 1.82) is 0 Å². The first-order valence-corrected chi connectivity index (χ1v) is 4.93. The molecule has 18 heavy (non-hydrogen) atoms. The molecule has 5 nitrogen and oxygen atoms in total. The van der Waals surface area contributed by atoms with Crippen LogP contribution in [0.5, 0.6) is 0 Å². The van der Waals surface area contributed by atoms with Crippen LogP contribution in [0.4, 0.5) is 14.7 Å². The van der Waals surface area contributed by atoms with Crippen molar-refractivity contribution in [3.05, 3.63) is 63.4 Å². The summed E-state index contributed by atoms with van der Waals surface area (Å²) >= 11 is 0. The van der Waals surface area contributed by atoms with Crippen molar-refractivity contribution in [3.63, 3.8) is 0 Å². The lowest BCUT2D eigenvalue weighted by atomic mass is 10.1. The zero-order chi connectivity index (χ0) is 13.3. The summed E-state index contributed by atoms with van der Waals surface area (Å²) in [4.78, 5) is 9.73. The first kappa shape index (κ1) is 12.2. The van der Waals surface area contributed by atoms with Gasteiger partial charge in [-0.2, -0.15) is 0 Å². The lowest BCUT2D eigenvalue weighted by Gasteiger charge is -2.08. The van der Waals surface area contributed by atoms with E-state index in [2.05, 4.69) is 0 Å². The van der Waals surface area contributed by atoms with E-state index >= 15 is 0 Å². The Morgan fingerprint density at radius 3 is 2.50 bits per heavy atom. The summed E-state index contributed by atoms with van der Waals surface area (Å²) in [5, 5.41) is 10.4. The van der Waals surface area contributed by atoms with Gasteiger partial charge in [0.25, 0.3) is 0 Å². The highest BCUT2D eigenvalue weighted by molar-refractivity contribution is 5.29. The molecule has 0 bridgehead atoms. The minimum absolute atomic E-state index is 0.104. The first-order valence-electron chi connectivity index (χ1n) is 4.93. The predicted octanol–water partition coefficient (Wildman–Crippen LogP) is 2.51. The summed E-state index contributed by atoms with van der Waals surface area (Å²) in [6, 6.07) is 4.72. The van der Waals surface area contributed by atoms with Gasteiger partial charge in [0.1, 0.15) is 10.7 Å². The van der Waals surface area contributed by atoms with Crippen molar-refractivity contribution in [3.8, 4) is 0 Å². The van der Waals surface area contributed by atoms with Gasteiger partial charge in [-0.05, 0) is 23.8 Å². The number of furan rings is 1. The van der Waals surface area contributed by atoms with Gasteiger partial charge in [0.2, 0.25) is 0 Å². The largest absolute Gasteiger partial charge is 0.433 e. The Balaban J connectivity index is 2.31. The normalized spacial score (nSPS) is 12.4.